The average molecular weight is 389 g/mol. The summed E-state index contributed by atoms with van der Waals surface area (Å²) in [6.07, 6.45) is 6.68. The van der Waals surface area contributed by atoms with Gasteiger partial charge in [-0.05, 0) is 42.8 Å². The molecule has 0 bridgehead atoms. The third-order valence-corrected chi connectivity index (χ3v) is 4.71. The molecule has 0 radical (unpaired) electrons. The van der Waals surface area contributed by atoms with Crippen LogP contribution < -0.4 is 10.1 Å². The van der Waals surface area contributed by atoms with Crippen molar-refractivity contribution in [1.82, 2.24) is 29.2 Å². The molecule has 0 saturated carbocycles. The summed E-state index contributed by atoms with van der Waals surface area (Å²) in [5.74, 6) is 2.16. The molecule has 0 fully saturated rings. The second kappa shape index (κ2) is 6.54. The predicted octanol–water partition coefficient (Wildman–Crippen LogP) is 3.91. The topological polar surface area (TPSA) is 81.6 Å². The maximum Gasteiger partial charge on any atom is 0.159 e. The molecule has 0 aliphatic carbocycles. The zero-order valence-corrected chi connectivity index (χ0v) is 15.7. The molecule has 5 rings (SSSR count). The van der Waals surface area contributed by atoms with Gasteiger partial charge in [-0.15, -0.1) is 12.6 Å². The lowest BCUT2D eigenvalue weighted by molar-refractivity contribution is 0.478. The lowest BCUT2D eigenvalue weighted by Crippen LogP contribution is -2.00. The number of rotatable bonds is 4. The monoisotopic (exact) mass is 389 g/mol. The summed E-state index contributed by atoms with van der Waals surface area (Å²) in [5, 5.41) is 11.6. The maximum absolute atomic E-state index is 6.02. The van der Waals surface area contributed by atoms with E-state index in [1.54, 1.807) is 9.03 Å². The molecule has 8 nitrogen and oxygen atoms in total. The molecule has 4 heterocycles. The van der Waals surface area contributed by atoms with Gasteiger partial charge in [-0.25, -0.2) is 19.0 Å². The van der Waals surface area contributed by atoms with Gasteiger partial charge in [0.05, 0.1) is 0 Å². The minimum atomic E-state index is 0.690. The van der Waals surface area contributed by atoms with E-state index in [0.717, 1.165) is 33.1 Å². The largest absolute Gasteiger partial charge is 0.457 e. The fourth-order valence-corrected chi connectivity index (χ4v) is 3.27. The Labute approximate surface area is 165 Å². The Kier molecular flexibility index (Phi) is 3.87. The van der Waals surface area contributed by atoms with Gasteiger partial charge in [0.2, 0.25) is 0 Å². The third-order valence-electron chi connectivity index (χ3n) is 4.35. The number of fused-ring (bicyclic) bond motifs is 2. The van der Waals surface area contributed by atoms with Crippen molar-refractivity contribution in [2.24, 2.45) is 0 Å². The van der Waals surface area contributed by atoms with Crippen LogP contribution in [0.25, 0.3) is 11.2 Å². The number of hydrogen-bond donors (Lipinski definition) is 2. The molecule has 5 aromatic rings. The number of anilines is 2. The minimum absolute atomic E-state index is 0.690. The quantitative estimate of drug-likeness (QED) is 0.454. The van der Waals surface area contributed by atoms with Crippen molar-refractivity contribution in [2.75, 3.05) is 5.32 Å². The highest BCUT2D eigenvalue weighted by molar-refractivity contribution is 7.80. The Hall–Kier alpha value is -3.59. The van der Waals surface area contributed by atoms with E-state index in [1.165, 1.54) is 12.7 Å². The summed E-state index contributed by atoms with van der Waals surface area (Å²) >= 11 is 4.48. The zero-order chi connectivity index (χ0) is 19.1. The SMILES string of the molecule is Cc1cc(Nc2ncnn3ccc(S)c23)ccc1Oc1ccn2ncnc2c1. The fraction of sp³-hybridized carbons (Fsp3) is 0.0526. The number of thiol groups is 1. The molecule has 1 aromatic carbocycles. The van der Waals surface area contributed by atoms with Crippen LogP contribution in [0.1, 0.15) is 5.56 Å². The molecular weight excluding hydrogens is 374 g/mol. The summed E-state index contributed by atoms with van der Waals surface area (Å²) in [4.78, 5) is 9.32. The first-order valence-corrected chi connectivity index (χ1v) is 8.98. The Morgan fingerprint density at radius 1 is 0.964 bits per heavy atom. The Balaban J connectivity index is 1.42. The highest BCUT2D eigenvalue weighted by atomic mass is 32.1. The summed E-state index contributed by atoms with van der Waals surface area (Å²) in [6, 6.07) is 11.4. The molecule has 0 atom stereocenters. The molecule has 0 aliphatic heterocycles. The number of aryl methyl sites for hydroxylation is 1. The van der Waals surface area contributed by atoms with E-state index in [2.05, 4.69) is 38.1 Å². The maximum atomic E-state index is 6.02. The lowest BCUT2D eigenvalue weighted by Gasteiger charge is -2.12. The number of aromatic nitrogens is 6. The van der Waals surface area contributed by atoms with Gasteiger partial charge in [0.1, 0.15) is 29.7 Å². The zero-order valence-electron chi connectivity index (χ0n) is 14.8. The van der Waals surface area contributed by atoms with Gasteiger partial charge < -0.3 is 10.1 Å². The van der Waals surface area contributed by atoms with Gasteiger partial charge in [0.25, 0.3) is 0 Å². The Morgan fingerprint density at radius 3 is 2.68 bits per heavy atom. The van der Waals surface area contributed by atoms with E-state index >= 15 is 0 Å². The second-order valence-corrected chi connectivity index (χ2v) is 6.72. The van der Waals surface area contributed by atoms with Crippen molar-refractivity contribution in [1.29, 1.82) is 0 Å². The number of pyridine rings is 1. The second-order valence-electron chi connectivity index (χ2n) is 6.24. The standard InChI is InChI=1S/C19H15N7OS/c1-12-8-13(24-19-18-16(28)5-7-26(18)23-11-21-19)2-3-15(12)27-14-4-6-25-17(9-14)20-10-22-25/h2-11,28H,1H3,(H,21,23,24). The molecule has 28 heavy (non-hydrogen) atoms. The van der Waals surface area contributed by atoms with Crippen LogP contribution in [0.15, 0.2) is 66.3 Å². The number of ether oxygens (including phenoxy) is 1. The highest BCUT2D eigenvalue weighted by Gasteiger charge is 2.10. The molecule has 0 aliphatic rings. The molecule has 0 unspecified atom stereocenters. The molecule has 138 valence electrons. The van der Waals surface area contributed by atoms with Crippen LogP contribution in [-0.4, -0.2) is 29.2 Å². The van der Waals surface area contributed by atoms with Crippen LogP contribution in [-0.2, 0) is 0 Å². The van der Waals surface area contributed by atoms with Gasteiger partial charge in [-0.1, -0.05) is 0 Å². The van der Waals surface area contributed by atoms with E-state index in [9.17, 15) is 0 Å². The van der Waals surface area contributed by atoms with Crippen molar-refractivity contribution in [3.63, 3.8) is 0 Å². The highest BCUT2D eigenvalue weighted by Crippen LogP contribution is 2.30. The Bertz CT molecular complexity index is 1310. The van der Waals surface area contributed by atoms with Crippen LogP contribution in [0.2, 0.25) is 0 Å². The first-order valence-electron chi connectivity index (χ1n) is 8.53. The molecule has 0 amide bonds. The van der Waals surface area contributed by atoms with Crippen molar-refractivity contribution in [2.45, 2.75) is 11.8 Å². The van der Waals surface area contributed by atoms with Crippen LogP contribution in [0.3, 0.4) is 0 Å². The molecule has 0 spiro atoms. The van der Waals surface area contributed by atoms with Crippen molar-refractivity contribution in [3.05, 3.63) is 67.0 Å². The van der Waals surface area contributed by atoms with Gasteiger partial charge in [-0.3, -0.25) is 0 Å². The third kappa shape index (κ3) is 2.91. The van der Waals surface area contributed by atoms with E-state index in [-0.39, 0.29) is 0 Å². The molecule has 0 saturated heterocycles. The van der Waals surface area contributed by atoms with E-state index < -0.39 is 0 Å². The molecule has 9 heteroatoms. The van der Waals surface area contributed by atoms with Gasteiger partial charge in [0.15, 0.2) is 11.5 Å². The minimum Gasteiger partial charge on any atom is -0.457 e. The fourth-order valence-electron chi connectivity index (χ4n) is 3.00. The number of nitrogens with zero attached hydrogens (tertiary/aromatic N) is 6. The van der Waals surface area contributed by atoms with Gasteiger partial charge in [-0.2, -0.15) is 10.2 Å². The number of hydrogen-bond acceptors (Lipinski definition) is 7. The van der Waals surface area contributed by atoms with Crippen LogP contribution in [0.5, 0.6) is 11.5 Å². The van der Waals surface area contributed by atoms with Crippen LogP contribution in [0, 0.1) is 6.92 Å². The average Bonchev–Trinajstić information content (AvgIpc) is 3.31. The number of benzene rings is 1. The predicted molar refractivity (Wildman–Crippen MR) is 108 cm³/mol. The summed E-state index contributed by atoms with van der Waals surface area (Å²) < 4.78 is 9.44. The first-order chi connectivity index (χ1) is 13.7. The van der Waals surface area contributed by atoms with Crippen molar-refractivity contribution in [3.8, 4) is 11.5 Å². The van der Waals surface area contributed by atoms with Gasteiger partial charge >= 0.3 is 0 Å². The molecule has 4 aromatic heterocycles. The lowest BCUT2D eigenvalue weighted by atomic mass is 10.2. The molecule has 1 N–H and O–H groups in total. The van der Waals surface area contributed by atoms with Crippen LogP contribution in [0.4, 0.5) is 11.5 Å². The van der Waals surface area contributed by atoms with Gasteiger partial charge in [0, 0.05) is 29.0 Å². The normalized spacial score (nSPS) is 11.2. The van der Waals surface area contributed by atoms with Crippen molar-refractivity contribution >= 4 is 35.3 Å². The van der Waals surface area contributed by atoms with E-state index in [4.69, 9.17) is 4.74 Å². The summed E-state index contributed by atoms with van der Waals surface area (Å²) in [5.41, 5.74) is 3.44. The van der Waals surface area contributed by atoms with Crippen LogP contribution >= 0.6 is 12.6 Å². The number of nitrogens with one attached hydrogen (secondary N) is 1. The molecular formula is C19H15N7OS. The smallest absolute Gasteiger partial charge is 0.159 e. The van der Waals surface area contributed by atoms with E-state index in [1.807, 2.05) is 55.7 Å². The Morgan fingerprint density at radius 2 is 1.79 bits per heavy atom. The summed E-state index contributed by atoms with van der Waals surface area (Å²) in [7, 11) is 0. The first kappa shape index (κ1) is 16.6. The van der Waals surface area contributed by atoms with Crippen molar-refractivity contribution < 1.29 is 4.74 Å². The summed E-state index contributed by atoms with van der Waals surface area (Å²) in [6.45, 7) is 1.99. The van der Waals surface area contributed by atoms with E-state index in [0.29, 0.717) is 11.6 Å².